The van der Waals surface area contributed by atoms with Crippen molar-refractivity contribution >= 4 is 26.0 Å². The van der Waals surface area contributed by atoms with Crippen LogP contribution in [0.15, 0.2) is 21.5 Å². The van der Waals surface area contributed by atoms with Gasteiger partial charge in [-0.1, -0.05) is 0 Å². The standard InChI is InChI=1S/C11H13BrF2N2O2S/c12-8-4-11(10(14)5-9(8)13)19(17,18)16-3-1-2-7(15)6-16/h4-5,7H,1-3,6,15H2. The van der Waals surface area contributed by atoms with Gasteiger partial charge in [0.1, 0.15) is 16.5 Å². The highest BCUT2D eigenvalue weighted by molar-refractivity contribution is 9.10. The summed E-state index contributed by atoms with van der Waals surface area (Å²) in [6, 6.07) is 1.25. The second-order valence-electron chi connectivity index (χ2n) is 4.46. The van der Waals surface area contributed by atoms with E-state index in [0.29, 0.717) is 19.0 Å². The first kappa shape index (κ1) is 14.8. The Bertz CT molecular complexity index is 595. The largest absolute Gasteiger partial charge is 0.327 e. The summed E-state index contributed by atoms with van der Waals surface area (Å²) in [5, 5.41) is 0. The van der Waals surface area contributed by atoms with E-state index in [1.54, 1.807) is 0 Å². The molecular formula is C11H13BrF2N2O2S. The van der Waals surface area contributed by atoms with Crippen LogP contribution < -0.4 is 5.73 Å². The Kier molecular flexibility index (Phi) is 4.24. The van der Waals surface area contributed by atoms with Crippen molar-refractivity contribution < 1.29 is 17.2 Å². The number of nitrogens with zero attached hydrogens (tertiary/aromatic N) is 1. The number of hydrogen-bond donors (Lipinski definition) is 1. The van der Waals surface area contributed by atoms with E-state index in [4.69, 9.17) is 5.73 Å². The lowest BCUT2D eigenvalue weighted by atomic mass is 10.1. The van der Waals surface area contributed by atoms with Gasteiger partial charge in [-0.05, 0) is 34.8 Å². The van der Waals surface area contributed by atoms with E-state index in [2.05, 4.69) is 15.9 Å². The van der Waals surface area contributed by atoms with E-state index >= 15 is 0 Å². The number of piperidine rings is 1. The Morgan fingerprint density at radius 3 is 2.63 bits per heavy atom. The van der Waals surface area contributed by atoms with Crippen LogP contribution >= 0.6 is 15.9 Å². The van der Waals surface area contributed by atoms with Crippen molar-refractivity contribution in [3.8, 4) is 0 Å². The molecule has 1 saturated heterocycles. The first-order chi connectivity index (χ1) is 8.82. The lowest BCUT2D eigenvalue weighted by Gasteiger charge is -2.30. The van der Waals surface area contributed by atoms with Crippen LogP contribution in [0.5, 0.6) is 0 Å². The van der Waals surface area contributed by atoms with Gasteiger partial charge < -0.3 is 5.73 Å². The fraction of sp³-hybridized carbons (Fsp3) is 0.455. The fourth-order valence-corrected chi connectivity index (χ4v) is 4.14. The van der Waals surface area contributed by atoms with Crippen molar-refractivity contribution in [1.29, 1.82) is 0 Å². The van der Waals surface area contributed by atoms with Crippen LogP contribution in [0.3, 0.4) is 0 Å². The lowest BCUT2D eigenvalue weighted by molar-refractivity contribution is 0.315. The molecule has 1 heterocycles. The van der Waals surface area contributed by atoms with Gasteiger partial charge in [-0.25, -0.2) is 17.2 Å². The zero-order valence-electron chi connectivity index (χ0n) is 9.94. The molecule has 1 atom stereocenters. The molecule has 0 saturated carbocycles. The van der Waals surface area contributed by atoms with E-state index in [0.717, 1.165) is 16.8 Å². The molecule has 0 spiro atoms. The average molecular weight is 355 g/mol. The van der Waals surface area contributed by atoms with Gasteiger partial charge in [-0.2, -0.15) is 4.31 Å². The molecule has 0 bridgehead atoms. The molecule has 1 aliphatic heterocycles. The monoisotopic (exact) mass is 354 g/mol. The van der Waals surface area contributed by atoms with E-state index in [1.165, 1.54) is 0 Å². The highest BCUT2D eigenvalue weighted by Gasteiger charge is 2.31. The molecule has 0 aromatic heterocycles. The average Bonchev–Trinajstić information content (AvgIpc) is 2.33. The molecule has 4 nitrogen and oxygen atoms in total. The molecule has 0 amide bonds. The molecule has 1 fully saturated rings. The minimum absolute atomic E-state index is 0.0891. The highest BCUT2D eigenvalue weighted by atomic mass is 79.9. The zero-order chi connectivity index (χ0) is 14.2. The SMILES string of the molecule is NC1CCCN(S(=O)(=O)c2cc(Br)c(F)cc2F)C1. The maximum atomic E-state index is 13.7. The third kappa shape index (κ3) is 2.96. The Morgan fingerprint density at radius 1 is 1.32 bits per heavy atom. The number of sulfonamides is 1. The van der Waals surface area contributed by atoms with E-state index in [1.807, 2.05) is 0 Å². The number of halogens is 3. The summed E-state index contributed by atoms with van der Waals surface area (Å²) in [6.07, 6.45) is 1.37. The van der Waals surface area contributed by atoms with E-state index in [-0.39, 0.29) is 17.1 Å². The normalized spacial score (nSPS) is 21.6. The number of rotatable bonds is 2. The number of benzene rings is 1. The maximum absolute atomic E-state index is 13.7. The second kappa shape index (κ2) is 5.43. The van der Waals surface area contributed by atoms with Crippen LogP contribution in [-0.4, -0.2) is 31.9 Å². The molecule has 0 aliphatic carbocycles. The van der Waals surface area contributed by atoms with Gasteiger partial charge in [0, 0.05) is 25.2 Å². The van der Waals surface area contributed by atoms with Crippen LogP contribution in [0.1, 0.15) is 12.8 Å². The molecule has 1 aromatic rings. The summed E-state index contributed by atoms with van der Waals surface area (Å²) in [4.78, 5) is -0.533. The van der Waals surface area contributed by atoms with E-state index in [9.17, 15) is 17.2 Å². The molecule has 19 heavy (non-hydrogen) atoms. The molecule has 106 valence electrons. The highest BCUT2D eigenvalue weighted by Crippen LogP contribution is 2.27. The minimum atomic E-state index is -3.98. The van der Waals surface area contributed by atoms with Gasteiger partial charge in [0.15, 0.2) is 0 Å². The predicted octanol–water partition coefficient (Wildman–Crippen LogP) is 1.84. The molecular weight excluding hydrogens is 342 g/mol. The number of nitrogens with two attached hydrogens (primary N) is 1. The summed E-state index contributed by atoms with van der Waals surface area (Å²) in [7, 11) is -3.98. The Hall–Kier alpha value is -0.570. The van der Waals surface area contributed by atoms with Crippen LogP contribution in [0.2, 0.25) is 0 Å². The van der Waals surface area contributed by atoms with Crippen LogP contribution in [-0.2, 0) is 10.0 Å². The van der Waals surface area contributed by atoms with Crippen molar-refractivity contribution in [2.45, 2.75) is 23.8 Å². The van der Waals surface area contributed by atoms with Gasteiger partial charge in [0.25, 0.3) is 0 Å². The molecule has 0 radical (unpaired) electrons. The van der Waals surface area contributed by atoms with E-state index < -0.39 is 26.6 Å². The lowest BCUT2D eigenvalue weighted by Crippen LogP contribution is -2.45. The molecule has 1 aliphatic rings. The smallest absolute Gasteiger partial charge is 0.246 e. The van der Waals surface area contributed by atoms with Crippen molar-refractivity contribution in [2.75, 3.05) is 13.1 Å². The number of hydrogen-bond acceptors (Lipinski definition) is 3. The van der Waals surface area contributed by atoms with Crippen LogP contribution in [0.25, 0.3) is 0 Å². The summed E-state index contributed by atoms with van der Waals surface area (Å²) < 4.78 is 52.5. The fourth-order valence-electron chi connectivity index (χ4n) is 2.03. The van der Waals surface area contributed by atoms with Gasteiger partial charge in [-0.15, -0.1) is 0 Å². The first-order valence-corrected chi connectivity index (χ1v) is 7.96. The molecule has 2 N–H and O–H groups in total. The molecule has 8 heteroatoms. The van der Waals surface area contributed by atoms with Crippen molar-refractivity contribution in [1.82, 2.24) is 4.31 Å². The van der Waals surface area contributed by atoms with Gasteiger partial charge in [0.05, 0.1) is 4.47 Å². The third-order valence-corrected chi connectivity index (χ3v) is 5.50. The first-order valence-electron chi connectivity index (χ1n) is 5.72. The summed E-state index contributed by atoms with van der Waals surface area (Å²) in [6.45, 7) is 0.446. The topological polar surface area (TPSA) is 63.4 Å². The summed E-state index contributed by atoms with van der Waals surface area (Å²) in [5.41, 5.74) is 5.72. The predicted molar refractivity (Wildman–Crippen MR) is 70.0 cm³/mol. The molecule has 1 unspecified atom stereocenters. The Morgan fingerprint density at radius 2 is 2.00 bits per heavy atom. The maximum Gasteiger partial charge on any atom is 0.246 e. The second-order valence-corrected chi connectivity index (χ2v) is 7.22. The van der Waals surface area contributed by atoms with Crippen molar-refractivity contribution in [2.24, 2.45) is 5.73 Å². The van der Waals surface area contributed by atoms with Gasteiger partial charge in [-0.3, -0.25) is 0 Å². The summed E-state index contributed by atoms with van der Waals surface area (Å²) in [5.74, 6) is -1.94. The minimum Gasteiger partial charge on any atom is -0.327 e. The molecule has 1 aromatic carbocycles. The van der Waals surface area contributed by atoms with Crippen molar-refractivity contribution in [3.63, 3.8) is 0 Å². The zero-order valence-corrected chi connectivity index (χ0v) is 12.3. The van der Waals surface area contributed by atoms with Crippen LogP contribution in [0.4, 0.5) is 8.78 Å². The Balaban J connectivity index is 2.42. The van der Waals surface area contributed by atoms with Crippen LogP contribution in [0, 0.1) is 11.6 Å². The van der Waals surface area contributed by atoms with Gasteiger partial charge in [0.2, 0.25) is 10.0 Å². The van der Waals surface area contributed by atoms with Gasteiger partial charge >= 0.3 is 0 Å². The Labute approximate surface area is 118 Å². The quantitative estimate of drug-likeness (QED) is 0.824. The summed E-state index contributed by atoms with van der Waals surface area (Å²) >= 11 is 2.86. The van der Waals surface area contributed by atoms with Crippen molar-refractivity contribution in [3.05, 3.63) is 28.2 Å². The third-order valence-electron chi connectivity index (χ3n) is 3.01. The molecule has 2 rings (SSSR count).